The van der Waals surface area contributed by atoms with Gasteiger partial charge in [0.05, 0.1) is 17.1 Å². The second-order valence-corrected chi connectivity index (χ2v) is 9.06. The molecule has 2 atom stereocenters. The molecule has 0 bridgehead atoms. The Morgan fingerprint density at radius 2 is 1.82 bits per heavy atom. The van der Waals surface area contributed by atoms with Gasteiger partial charge in [-0.2, -0.15) is 0 Å². The molecule has 1 heterocycles. The fourth-order valence-corrected chi connectivity index (χ4v) is 4.06. The normalized spacial score (nSPS) is 12.6. The van der Waals surface area contributed by atoms with Crippen molar-refractivity contribution in [3.05, 3.63) is 24.0 Å². The standard InChI is InChI=1S/C22H33Cl2N5O3.2ClH/c1-14(2)12-16(25)21(30)27-17(22(31)32)5-7-20-26-18-13-15(4-6-19(18)28(20)3)29(10-8-23)11-9-24;;/h4,6,13-14,16-17H,5,7-12,25H2,1-3H3,(H,27,30)(H,31,32);2*1H. The molecule has 0 saturated heterocycles. The topological polar surface area (TPSA) is 113 Å². The average molecular weight is 559 g/mol. The van der Waals surface area contributed by atoms with Crippen molar-refractivity contribution in [3.8, 4) is 0 Å². The van der Waals surface area contributed by atoms with E-state index in [4.69, 9.17) is 33.9 Å². The Hall–Kier alpha value is -1.45. The highest BCUT2D eigenvalue weighted by Gasteiger charge is 2.24. The minimum atomic E-state index is -1.09. The minimum Gasteiger partial charge on any atom is -0.480 e. The molecule has 12 heteroatoms. The lowest BCUT2D eigenvalue weighted by molar-refractivity contribution is -0.142. The van der Waals surface area contributed by atoms with Crippen molar-refractivity contribution in [1.29, 1.82) is 0 Å². The number of carboxylic acids is 1. The second kappa shape index (κ2) is 15.5. The van der Waals surface area contributed by atoms with Crippen molar-refractivity contribution in [1.82, 2.24) is 14.9 Å². The number of hydrogen-bond donors (Lipinski definition) is 3. The zero-order valence-electron chi connectivity index (χ0n) is 19.7. The highest BCUT2D eigenvalue weighted by Crippen LogP contribution is 2.23. The van der Waals surface area contributed by atoms with Crippen LogP contribution in [0.15, 0.2) is 18.2 Å². The van der Waals surface area contributed by atoms with E-state index in [9.17, 15) is 14.7 Å². The lowest BCUT2D eigenvalue weighted by Crippen LogP contribution is -2.49. The van der Waals surface area contributed by atoms with Crippen LogP contribution in [-0.4, -0.2) is 63.5 Å². The van der Waals surface area contributed by atoms with Crippen LogP contribution in [0.4, 0.5) is 5.69 Å². The number of carbonyl (C=O) groups is 2. The van der Waals surface area contributed by atoms with Crippen LogP contribution in [0.5, 0.6) is 0 Å². The number of halogens is 4. The van der Waals surface area contributed by atoms with E-state index in [2.05, 4.69) is 10.2 Å². The SMILES string of the molecule is CC(C)CC(N)C(=O)NC(CCc1nc2cc(N(CCCl)CCCl)ccc2n1C)C(=O)O.Cl.Cl. The molecular formula is C22H35Cl4N5O3. The van der Waals surface area contributed by atoms with Crippen molar-refractivity contribution in [2.24, 2.45) is 18.7 Å². The zero-order chi connectivity index (χ0) is 23.8. The van der Waals surface area contributed by atoms with Crippen LogP contribution in [0, 0.1) is 5.92 Å². The fourth-order valence-electron chi connectivity index (χ4n) is 3.66. The largest absolute Gasteiger partial charge is 0.480 e. The number of anilines is 1. The van der Waals surface area contributed by atoms with Crippen molar-refractivity contribution < 1.29 is 14.7 Å². The third kappa shape index (κ3) is 8.96. The number of imidazole rings is 1. The fraction of sp³-hybridized carbons (Fsp3) is 0.591. The molecule has 0 saturated carbocycles. The summed E-state index contributed by atoms with van der Waals surface area (Å²) in [6.07, 6.45) is 1.10. The number of rotatable bonds is 13. The molecule has 194 valence electrons. The molecule has 2 aromatic rings. The molecule has 0 aliphatic carbocycles. The molecule has 0 aliphatic heterocycles. The predicted molar refractivity (Wildman–Crippen MR) is 144 cm³/mol. The summed E-state index contributed by atoms with van der Waals surface area (Å²) in [4.78, 5) is 30.8. The summed E-state index contributed by atoms with van der Waals surface area (Å²) < 4.78 is 1.94. The monoisotopic (exact) mass is 557 g/mol. The molecule has 2 unspecified atom stereocenters. The van der Waals surface area contributed by atoms with Crippen molar-refractivity contribution in [2.75, 3.05) is 29.7 Å². The van der Waals surface area contributed by atoms with Gasteiger partial charge >= 0.3 is 5.97 Å². The summed E-state index contributed by atoms with van der Waals surface area (Å²) in [5.41, 5.74) is 8.62. The average Bonchev–Trinajstić information content (AvgIpc) is 3.05. The number of nitrogens with one attached hydrogen (secondary N) is 1. The summed E-state index contributed by atoms with van der Waals surface area (Å²) in [5.74, 6) is 0.434. The summed E-state index contributed by atoms with van der Waals surface area (Å²) in [5, 5.41) is 12.1. The minimum absolute atomic E-state index is 0. The van der Waals surface area contributed by atoms with Crippen molar-refractivity contribution in [2.45, 2.75) is 45.2 Å². The first-order valence-corrected chi connectivity index (χ1v) is 11.9. The molecule has 2 rings (SSSR count). The van der Waals surface area contributed by atoms with Crippen molar-refractivity contribution >= 4 is 76.6 Å². The number of carbonyl (C=O) groups excluding carboxylic acids is 1. The molecule has 1 aromatic carbocycles. The van der Waals surface area contributed by atoms with E-state index in [1.165, 1.54) is 0 Å². The number of fused-ring (bicyclic) bond motifs is 1. The van der Waals surface area contributed by atoms with E-state index in [0.717, 1.165) is 22.5 Å². The van der Waals surface area contributed by atoms with Crippen LogP contribution in [0.1, 0.15) is 32.5 Å². The van der Waals surface area contributed by atoms with Gasteiger partial charge in [0.15, 0.2) is 0 Å². The lowest BCUT2D eigenvalue weighted by Gasteiger charge is -2.22. The van der Waals surface area contributed by atoms with Gasteiger partial charge in [0.25, 0.3) is 0 Å². The van der Waals surface area contributed by atoms with E-state index >= 15 is 0 Å². The van der Waals surface area contributed by atoms with E-state index in [-0.39, 0.29) is 37.2 Å². The van der Waals surface area contributed by atoms with Crippen LogP contribution in [0.2, 0.25) is 0 Å². The van der Waals surface area contributed by atoms with Crippen LogP contribution in [-0.2, 0) is 23.1 Å². The number of nitrogens with zero attached hydrogens (tertiary/aromatic N) is 3. The van der Waals surface area contributed by atoms with E-state index in [1.54, 1.807) is 0 Å². The van der Waals surface area contributed by atoms with Gasteiger partial charge in [-0.25, -0.2) is 9.78 Å². The first kappa shape index (κ1) is 32.5. The van der Waals surface area contributed by atoms with Gasteiger partial charge in [-0.15, -0.1) is 48.0 Å². The molecule has 34 heavy (non-hydrogen) atoms. The van der Waals surface area contributed by atoms with E-state index in [0.29, 0.717) is 37.7 Å². The molecular weight excluding hydrogens is 524 g/mol. The quantitative estimate of drug-likeness (QED) is 0.324. The first-order valence-electron chi connectivity index (χ1n) is 10.8. The number of carboxylic acid groups (broad SMARTS) is 1. The number of aryl methyl sites for hydroxylation is 2. The maximum atomic E-state index is 12.3. The second-order valence-electron chi connectivity index (χ2n) is 8.30. The summed E-state index contributed by atoms with van der Waals surface area (Å²) >= 11 is 11.8. The molecule has 0 radical (unpaired) electrons. The molecule has 0 spiro atoms. The van der Waals surface area contributed by atoms with Crippen molar-refractivity contribution in [3.63, 3.8) is 0 Å². The molecule has 8 nitrogen and oxygen atoms in total. The number of aromatic nitrogens is 2. The van der Waals surface area contributed by atoms with Crippen LogP contribution >= 0.6 is 48.0 Å². The predicted octanol–water partition coefficient (Wildman–Crippen LogP) is 3.58. The molecule has 1 aromatic heterocycles. The van der Waals surface area contributed by atoms with E-state index in [1.807, 2.05) is 43.7 Å². The van der Waals surface area contributed by atoms with Gasteiger partial charge in [-0.3, -0.25) is 4.79 Å². The van der Waals surface area contributed by atoms with Crippen LogP contribution in [0.25, 0.3) is 11.0 Å². The number of alkyl halides is 2. The molecule has 0 fully saturated rings. The third-order valence-corrected chi connectivity index (χ3v) is 5.70. The zero-order valence-corrected chi connectivity index (χ0v) is 22.8. The van der Waals surface area contributed by atoms with Gasteiger partial charge in [0.1, 0.15) is 11.9 Å². The summed E-state index contributed by atoms with van der Waals surface area (Å²) in [6.45, 7) is 5.28. The number of benzene rings is 1. The first-order chi connectivity index (χ1) is 15.2. The highest BCUT2D eigenvalue weighted by molar-refractivity contribution is 6.18. The summed E-state index contributed by atoms with van der Waals surface area (Å²) in [6, 6.07) is 4.22. The molecule has 4 N–H and O–H groups in total. The lowest BCUT2D eigenvalue weighted by atomic mass is 10.0. The number of aliphatic carboxylic acids is 1. The van der Waals surface area contributed by atoms with Crippen LogP contribution in [0.3, 0.4) is 0 Å². The van der Waals surface area contributed by atoms with Crippen LogP contribution < -0.4 is 16.0 Å². The maximum absolute atomic E-state index is 12.3. The Kier molecular flexibility index (Phi) is 14.9. The highest BCUT2D eigenvalue weighted by atomic mass is 35.5. The van der Waals surface area contributed by atoms with Gasteiger partial charge in [-0.05, 0) is 37.0 Å². The van der Waals surface area contributed by atoms with Gasteiger partial charge < -0.3 is 25.6 Å². The Bertz CT molecular complexity index is 919. The Balaban J connectivity index is 0.00000544. The van der Waals surface area contributed by atoms with Gasteiger partial charge in [0.2, 0.25) is 5.91 Å². The molecule has 1 amide bonds. The number of amides is 1. The number of nitrogens with two attached hydrogens (primary N) is 1. The third-order valence-electron chi connectivity index (χ3n) is 5.36. The Morgan fingerprint density at radius 3 is 2.35 bits per heavy atom. The smallest absolute Gasteiger partial charge is 0.326 e. The van der Waals surface area contributed by atoms with E-state index < -0.39 is 24.0 Å². The summed E-state index contributed by atoms with van der Waals surface area (Å²) in [7, 11) is 1.90. The number of hydrogen-bond acceptors (Lipinski definition) is 5. The van der Waals surface area contributed by atoms with Gasteiger partial charge in [-0.1, -0.05) is 13.8 Å². The van der Waals surface area contributed by atoms with Gasteiger partial charge in [0, 0.05) is 44.0 Å². The maximum Gasteiger partial charge on any atom is 0.326 e. The Morgan fingerprint density at radius 1 is 1.21 bits per heavy atom. The molecule has 0 aliphatic rings. The Labute approximate surface area is 223 Å².